The number of methoxy groups -OCH3 is 2. The van der Waals surface area contributed by atoms with E-state index in [0.717, 1.165) is 5.56 Å². The third-order valence-electron chi connectivity index (χ3n) is 6.44. The van der Waals surface area contributed by atoms with E-state index in [1.54, 1.807) is 35.8 Å². The Bertz CT molecular complexity index is 1450. The van der Waals surface area contributed by atoms with Crippen LogP contribution in [0.2, 0.25) is 0 Å². The lowest BCUT2D eigenvalue weighted by atomic mass is 10.1. The predicted octanol–water partition coefficient (Wildman–Crippen LogP) is 5.42. The number of amides is 1. The van der Waals surface area contributed by atoms with Gasteiger partial charge in [0.25, 0.3) is 5.56 Å². The molecule has 0 aliphatic rings. The zero-order valence-electron chi connectivity index (χ0n) is 22.0. The van der Waals surface area contributed by atoms with Gasteiger partial charge in [-0.3, -0.25) is 14.2 Å². The van der Waals surface area contributed by atoms with Gasteiger partial charge >= 0.3 is 0 Å². The van der Waals surface area contributed by atoms with Crippen LogP contribution in [0, 0.1) is 0 Å². The molecular formula is C31H33N3O4. The van der Waals surface area contributed by atoms with Crippen LogP contribution >= 0.6 is 0 Å². The van der Waals surface area contributed by atoms with Crippen molar-refractivity contribution in [2.75, 3.05) is 27.4 Å². The van der Waals surface area contributed by atoms with E-state index in [-0.39, 0.29) is 11.5 Å². The van der Waals surface area contributed by atoms with E-state index < -0.39 is 6.04 Å². The molecule has 4 rings (SSSR count). The number of para-hydroxylation sites is 1. The van der Waals surface area contributed by atoms with Gasteiger partial charge in [-0.2, -0.15) is 0 Å². The minimum absolute atomic E-state index is 0.152. The molecular weight excluding hydrogens is 478 g/mol. The molecule has 4 aromatic rings. The first-order valence-corrected chi connectivity index (χ1v) is 12.8. The summed E-state index contributed by atoms with van der Waals surface area (Å²) in [6, 6.07) is 23.8. The molecule has 7 heteroatoms. The van der Waals surface area contributed by atoms with Gasteiger partial charge in [0.05, 0.1) is 29.7 Å². The van der Waals surface area contributed by atoms with Crippen LogP contribution in [-0.2, 0) is 9.53 Å². The van der Waals surface area contributed by atoms with Gasteiger partial charge in [-0.15, -0.1) is 0 Å². The topological polar surface area (TPSA) is 73.7 Å². The van der Waals surface area contributed by atoms with Gasteiger partial charge in [0.2, 0.25) is 5.91 Å². The third kappa shape index (κ3) is 6.01. The van der Waals surface area contributed by atoms with Crippen LogP contribution in [0.15, 0.2) is 89.7 Å². The SMILES string of the molecule is CCC(c1nc2ccccc2c(=O)n1-c1ccc(OC)cc1)N(CCCOC)C(=O)/C=C/c1ccccc1. The molecule has 1 aromatic heterocycles. The summed E-state index contributed by atoms with van der Waals surface area (Å²) in [5.41, 5.74) is 2.01. The van der Waals surface area contributed by atoms with Crippen molar-refractivity contribution in [2.45, 2.75) is 25.8 Å². The van der Waals surface area contributed by atoms with Crippen LogP contribution in [0.5, 0.6) is 5.75 Å². The van der Waals surface area contributed by atoms with E-state index in [0.29, 0.717) is 54.2 Å². The van der Waals surface area contributed by atoms with Crippen LogP contribution in [-0.4, -0.2) is 47.7 Å². The van der Waals surface area contributed by atoms with Gasteiger partial charge in [-0.25, -0.2) is 4.98 Å². The van der Waals surface area contributed by atoms with E-state index in [1.807, 2.05) is 85.8 Å². The maximum Gasteiger partial charge on any atom is 0.266 e. The zero-order chi connectivity index (χ0) is 26.9. The highest BCUT2D eigenvalue weighted by atomic mass is 16.5. The molecule has 0 aliphatic carbocycles. The van der Waals surface area contributed by atoms with E-state index >= 15 is 0 Å². The summed E-state index contributed by atoms with van der Waals surface area (Å²) in [4.78, 5) is 34.2. The van der Waals surface area contributed by atoms with Gasteiger partial charge < -0.3 is 14.4 Å². The third-order valence-corrected chi connectivity index (χ3v) is 6.44. The highest BCUT2D eigenvalue weighted by molar-refractivity contribution is 5.92. The Morgan fingerprint density at radius 1 is 1.00 bits per heavy atom. The molecule has 0 aliphatic heterocycles. The van der Waals surface area contributed by atoms with Crippen molar-refractivity contribution < 1.29 is 14.3 Å². The summed E-state index contributed by atoms with van der Waals surface area (Å²) < 4.78 is 12.2. The lowest BCUT2D eigenvalue weighted by molar-refractivity contribution is -0.128. The maximum atomic E-state index is 13.8. The number of benzene rings is 3. The minimum Gasteiger partial charge on any atom is -0.497 e. The monoisotopic (exact) mass is 511 g/mol. The second kappa shape index (κ2) is 12.8. The summed E-state index contributed by atoms with van der Waals surface area (Å²) in [6.45, 7) is 2.97. The molecule has 1 amide bonds. The Morgan fingerprint density at radius 2 is 1.71 bits per heavy atom. The first-order chi connectivity index (χ1) is 18.6. The van der Waals surface area contributed by atoms with Crippen LogP contribution < -0.4 is 10.3 Å². The summed E-state index contributed by atoms with van der Waals surface area (Å²) >= 11 is 0. The van der Waals surface area contributed by atoms with E-state index in [4.69, 9.17) is 14.5 Å². The number of fused-ring (bicyclic) bond motifs is 1. The highest BCUT2D eigenvalue weighted by Crippen LogP contribution is 2.27. The second-order valence-corrected chi connectivity index (χ2v) is 8.87. The zero-order valence-corrected chi connectivity index (χ0v) is 22.0. The lowest BCUT2D eigenvalue weighted by Crippen LogP contribution is -2.38. The number of carbonyl (C=O) groups is 1. The molecule has 0 saturated carbocycles. The van der Waals surface area contributed by atoms with Crippen LogP contribution in [0.3, 0.4) is 0 Å². The first-order valence-electron chi connectivity index (χ1n) is 12.8. The van der Waals surface area contributed by atoms with E-state index in [9.17, 15) is 9.59 Å². The number of hydrogen-bond donors (Lipinski definition) is 0. The van der Waals surface area contributed by atoms with Gasteiger partial charge in [0.15, 0.2) is 0 Å². The molecule has 38 heavy (non-hydrogen) atoms. The quantitative estimate of drug-likeness (QED) is 0.198. The van der Waals surface area contributed by atoms with Crippen molar-refractivity contribution in [3.63, 3.8) is 0 Å². The Balaban J connectivity index is 1.84. The summed E-state index contributed by atoms with van der Waals surface area (Å²) in [5, 5.41) is 0.517. The number of nitrogens with zero attached hydrogens (tertiary/aromatic N) is 3. The summed E-state index contributed by atoms with van der Waals surface area (Å²) in [6.07, 6.45) is 4.61. The van der Waals surface area contributed by atoms with Crippen LogP contribution in [0.4, 0.5) is 0 Å². The van der Waals surface area contributed by atoms with Gasteiger partial charge in [0, 0.05) is 26.3 Å². The van der Waals surface area contributed by atoms with Crippen molar-refractivity contribution in [3.05, 3.63) is 107 Å². The molecule has 0 bridgehead atoms. The molecule has 7 nitrogen and oxygen atoms in total. The molecule has 0 fully saturated rings. The van der Waals surface area contributed by atoms with Gasteiger partial charge in [0.1, 0.15) is 11.6 Å². The second-order valence-electron chi connectivity index (χ2n) is 8.87. The molecule has 0 spiro atoms. The lowest BCUT2D eigenvalue weighted by Gasteiger charge is -2.31. The summed E-state index contributed by atoms with van der Waals surface area (Å²) in [7, 11) is 3.24. The first kappa shape index (κ1) is 26.8. The van der Waals surface area contributed by atoms with Crippen LogP contribution in [0.1, 0.15) is 37.2 Å². The van der Waals surface area contributed by atoms with Crippen molar-refractivity contribution in [2.24, 2.45) is 0 Å². The van der Waals surface area contributed by atoms with E-state index in [1.165, 1.54) is 0 Å². The van der Waals surface area contributed by atoms with Crippen LogP contribution in [0.25, 0.3) is 22.7 Å². The Hall–Kier alpha value is -4.23. The molecule has 0 radical (unpaired) electrons. The normalized spacial score (nSPS) is 12.1. The average molecular weight is 512 g/mol. The molecule has 3 aromatic carbocycles. The number of rotatable bonds is 11. The van der Waals surface area contributed by atoms with Gasteiger partial charge in [-0.1, -0.05) is 49.4 Å². The molecule has 1 unspecified atom stereocenters. The van der Waals surface area contributed by atoms with Crippen molar-refractivity contribution in [1.29, 1.82) is 0 Å². The molecule has 1 heterocycles. The van der Waals surface area contributed by atoms with Crippen molar-refractivity contribution in [3.8, 4) is 11.4 Å². The smallest absolute Gasteiger partial charge is 0.266 e. The molecule has 0 N–H and O–H groups in total. The highest BCUT2D eigenvalue weighted by Gasteiger charge is 2.28. The molecule has 1 atom stereocenters. The Labute approximate surface area is 223 Å². The average Bonchev–Trinajstić information content (AvgIpc) is 2.96. The Kier molecular flexibility index (Phi) is 9.06. The fourth-order valence-corrected chi connectivity index (χ4v) is 4.52. The van der Waals surface area contributed by atoms with Crippen molar-refractivity contribution >= 4 is 22.9 Å². The van der Waals surface area contributed by atoms with E-state index in [2.05, 4.69) is 0 Å². The number of ether oxygens (including phenoxy) is 2. The fraction of sp³-hybridized carbons (Fsp3) is 0.258. The standard InChI is InChI=1S/C31H33N3O4/c1-4-28(33(21-10-22-37-2)29(35)20-15-23-11-6-5-7-12-23)30-32-27-14-9-8-13-26(27)31(36)34(30)24-16-18-25(38-3)19-17-24/h5-9,11-20,28H,4,10,21-22H2,1-3H3/b20-15+. The fourth-order valence-electron chi connectivity index (χ4n) is 4.52. The number of carbonyl (C=O) groups excluding carboxylic acids is 1. The predicted molar refractivity (Wildman–Crippen MR) is 151 cm³/mol. The van der Waals surface area contributed by atoms with Crippen molar-refractivity contribution in [1.82, 2.24) is 14.5 Å². The Morgan fingerprint density at radius 3 is 2.39 bits per heavy atom. The minimum atomic E-state index is -0.445. The summed E-state index contributed by atoms with van der Waals surface area (Å²) in [5.74, 6) is 1.05. The molecule has 0 saturated heterocycles. The maximum absolute atomic E-state index is 13.8. The number of hydrogen-bond acceptors (Lipinski definition) is 5. The molecule has 196 valence electrons. The number of aromatic nitrogens is 2. The van der Waals surface area contributed by atoms with Gasteiger partial charge in [-0.05, 0) is 60.9 Å². The largest absolute Gasteiger partial charge is 0.497 e.